The molecule has 3 fully saturated rings. The van der Waals surface area contributed by atoms with Crippen molar-refractivity contribution >= 4 is 17.5 Å². The Hall–Kier alpha value is -1.79. The molecule has 6 unspecified atom stereocenters. The molecule has 32 heavy (non-hydrogen) atoms. The van der Waals surface area contributed by atoms with Gasteiger partial charge in [0.1, 0.15) is 6.61 Å². The molecule has 0 aromatic carbocycles. The highest BCUT2D eigenvalue weighted by Gasteiger charge is 2.70. The third-order valence-electron chi connectivity index (χ3n) is 9.23. The van der Waals surface area contributed by atoms with Gasteiger partial charge in [-0.1, -0.05) is 38.8 Å². The minimum atomic E-state index is -1.39. The van der Waals surface area contributed by atoms with Gasteiger partial charge < -0.3 is 14.9 Å². The zero-order valence-corrected chi connectivity index (χ0v) is 19.4. The van der Waals surface area contributed by atoms with Gasteiger partial charge in [0.25, 0.3) is 0 Å². The van der Waals surface area contributed by atoms with Crippen LogP contribution in [0.15, 0.2) is 23.8 Å². The highest BCUT2D eigenvalue weighted by atomic mass is 16.6. The first-order valence-corrected chi connectivity index (χ1v) is 12.1. The van der Waals surface area contributed by atoms with Crippen LogP contribution < -0.4 is 0 Å². The maximum Gasteiger partial charge on any atom is 0.306 e. The van der Waals surface area contributed by atoms with E-state index in [-0.39, 0.29) is 35.4 Å². The van der Waals surface area contributed by atoms with Crippen molar-refractivity contribution in [1.82, 2.24) is 0 Å². The molecule has 7 atom stereocenters. The van der Waals surface area contributed by atoms with Crippen molar-refractivity contribution in [2.24, 2.45) is 28.6 Å². The number of aliphatic hydroxyl groups is 2. The second kappa shape index (κ2) is 8.21. The first kappa shape index (κ1) is 23.4. The molecule has 4 aliphatic rings. The number of aliphatic hydroxyl groups excluding tert-OH is 2. The quantitative estimate of drug-likeness (QED) is 0.610. The molecule has 0 amide bonds. The Morgan fingerprint density at radius 2 is 2.00 bits per heavy atom. The lowest BCUT2D eigenvalue weighted by atomic mass is 9.46. The van der Waals surface area contributed by atoms with Crippen LogP contribution in [0.25, 0.3) is 0 Å². The van der Waals surface area contributed by atoms with E-state index in [9.17, 15) is 24.6 Å². The van der Waals surface area contributed by atoms with E-state index >= 15 is 0 Å². The van der Waals surface area contributed by atoms with Crippen molar-refractivity contribution in [3.63, 3.8) is 0 Å². The predicted molar refractivity (Wildman–Crippen MR) is 118 cm³/mol. The lowest BCUT2D eigenvalue weighted by molar-refractivity contribution is -0.200. The number of hydrogen-bond acceptors (Lipinski definition) is 6. The minimum Gasteiger partial charge on any atom is -0.450 e. The number of Topliss-reactive ketones (excluding diaryl/α,β-unsaturated/α-hetero) is 1. The van der Waals surface area contributed by atoms with Crippen molar-refractivity contribution in [2.45, 2.75) is 83.8 Å². The lowest BCUT2D eigenvalue weighted by Crippen LogP contribution is -2.63. The Labute approximate surface area is 190 Å². The molecule has 0 heterocycles. The molecule has 0 aromatic rings. The number of esters is 1. The number of fused-ring (bicyclic) bond motifs is 5. The zero-order chi connectivity index (χ0) is 23.3. The number of ether oxygens (including phenoxy) is 1. The maximum atomic E-state index is 13.1. The molecule has 0 aromatic heterocycles. The Balaban J connectivity index is 1.70. The summed E-state index contributed by atoms with van der Waals surface area (Å²) in [5.41, 5.74) is -1.43. The largest absolute Gasteiger partial charge is 0.450 e. The van der Waals surface area contributed by atoms with Crippen LogP contribution in [0.1, 0.15) is 72.1 Å². The molecule has 0 bridgehead atoms. The molecule has 6 heteroatoms. The van der Waals surface area contributed by atoms with E-state index in [0.717, 1.165) is 31.3 Å². The average molecular weight is 445 g/mol. The SMILES string of the molecule is CCCCC(=O)O[C@]1(C(=O)CO)CCC2C3CCC4=CC(=O)C=CC4(C)C3C(O)CC21C. The highest BCUT2D eigenvalue weighted by molar-refractivity contribution is 6.01. The maximum absolute atomic E-state index is 13.1. The van der Waals surface area contributed by atoms with E-state index in [0.29, 0.717) is 19.3 Å². The molecule has 4 aliphatic carbocycles. The molecular weight excluding hydrogens is 408 g/mol. The fraction of sp³-hybridized carbons (Fsp3) is 0.731. The van der Waals surface area contributed by atoms with Crippen molar-refractivity contribution < 1.29 is 29.3 Å². The Morgan fingerprint density at radius 3 is 2.69 bits per heavy atom. The summed E-state index contributed by atoms with van der Waals surface area (Å²) in [7, 11) is 0. The number of allylic oxidation sites excluding steroid dienone is 4. The van der Waals surface area contributed by atoms with Gasteiger partial charge in [0.05, 0.1) is 6.10 Å². The van der Waals surface area contributed by atoms with Crippen LogP contribution >= 0.6 is 0 Å². The number of hydrogen-bond donors (Lipinski definition) is 2. The number of carbonyl (C=O) groups is 3. The lowest BCUT2D eigenvalue weighted by Gasteiger charge is -2.59. The fourth-order valence-electron chi connectivity index (χ4n) is 7.69. The van der Waals surface area contributed by atoms with Gasteiger partial charge in [-0.25, -0.2) is 0 Å². The summed E-state index contributed by atoms with van der Waals surface area (Å²) in [6.07, 6.45) is 9.42. The number of unbranched alkanes of at least 4 members (excludes halogenated alkanes) is 1. The monoisotopic (exact) mass is 444 g/mol. The molecular formula is C26H36O6. The van der Waals surface area contributed by atoms with Crippen LogP contribution in [0.3, 0.4) is 0 Å². The van der Waals surface area contributed by atoms with Crippen LogP contribution in [0, 0.1) is 28.6 Å². The summed E-state index contributed by atoms with van der Waals surface area (Å²) in [5.74, 6) is -0.675. The van der Waals surface area contributed by atoms with Gasteiger partial charge in [-0.05, 0) is 62.5 Å². The van der Waals surface area contributed by atoms with Gasteiger partial charge in [-0.3, -0.25) is 14.4 Å². The number of carbonyl (C=O) groups excluding carboxylic acids is 3. The van der Waals surface area contributed by atoms with E-state index in [1.54, 1.807) is 12.2 Å². The number of rotatable bonds is 6. The molecule has 0 radical (unpaired) electrons. The molecule has 2 N–H and O–H groups in total. The van der Waals surface area contributed by atoms with E-state index in [1.807, 2.05) is 19.9 Å². The topological polar surface area (TPSA) is 101 Å². The summed E-state index contributed by atoms with van der Waals surface area (Å²) in [6, 6.07) is 0. The van der Waals surface area contributed by atoms with Gasteiger partial charge in [0.2, 0.25) is 5.78 Å². The molecule has 0 spiro atoms. The smallest absolute Gasteiger partial charge is 0.306 e. The summed E-state index contributed by atoms with van der Waals surface area (Å²) < 4.78 is 5.97. The van der Waals surface area contributed by atoms with Crippen LogP contribution in [0.5, 0.6) is 0 Å². The third-order valence-corrected chi connectivity index (χ3v) is 9.23. The Kier molecular flexibility index (Phi) is 6.00. The van der Waals surface area contributed by atoms with E-state index in [1.165, 1.54) is 0 Å². The van der Waals surface area contributed by atoms with Gasteiger partial charge >= 0.3 is 5.97 Å². The predicted octanol–water partition coefficient (Wildman–Crippen LogP) is 3.30. The van der Waals surface area contributed by atoms with Crippen LogP contribution in [-0.4, -0.2) is 46.1 Å². The van der Waals surface area contributed by atoms with E-state index in [4.69, 9.17) is 4.74 Å². The molecule has 3 saturated carbocycles. The van der Waals surface area contributed by atoms with Crippen molar-refractivity contribution in [3.05, 3.63) is 23.8 Å². The first-order chi connectivity index (χ1) is 15.1. The van der Waals surface area contributed by atoms with E-state index in [2.05, 4.69) is 6.92 Å². The Bertz CT molecular complexity index is 874. The second-order valence-electron chi connectivity index (χ2n) is 10.7. The summed E-state index contributed by atoms with van der Waals surface area (Å²) in [5, 5.41) is 21.3. The molecule has 4 rings (SSSR count). The minimum absolute atomic E-state index is 0.00141. The van der Waals surface area contributed by atoms with Gasteiger partial charge in [0, 0.05) is 23.2 Å². The van der Waals surface area contributed by atoms with Gasteiger partial charge in [-0.2, -0.15) is 0 Å². The molecule has 6 nitrogen and oxygen atoms in total. The standard InChI is InChI=1S/C26H36O6/c1-4-5-6-22(31)32-26(21(30)15-27)12-10-19-18-8-7-16-13-17(28)9-11-24(16,2)23(18)20(29)14-25(19,26)3/h9,11,13,18-20,23,27,29H,4-8,10,12,14-15H2,1-3H3/t18?,19?,20?,23?,24?,25?,26-/m0/s1. The molecule has 0 aliphatic heterocycles. The summed E-state index contributed by atoms with van der Waals surface area (Å²) in [6.45, 7) is 5.39. The first-order valence-electron chi connectivity index (χ1n) is 12.1. The number of ketones is 2. The summed E-state index contributed by atoms with van der Waals surface area (Å²) in [4.78, 5) is 37.8. The zero-order valence-electron chi connectivity index (χ0n) is 19.4. The van der Waals surface area contributed by atoms with E-state index < -0.39 is 35.5 Å². The van der Waals surface area contributed by atoms with Crippen LogP contribution in [-0.2, 0) is 19.1 Å². The molecule has 0 saturated heterocycles. The average Bonchev–Trinajstić information content (AvgIpc) is 3.04. The second-order valence-corrected chi connectivity index (χ2v) is 10.7. The summed E-state index contributed by atoms with van der Waals surface area (Å²) >= 11 is 0. The fourth-order valence-corrected chi connectivity index (χ4v) is 7.69. The molecule has 176 valence electrons. The van der Waals surface area contributed by atoms with Crippen LogP contribution in [0.4, 0.5) is 0 Å². The van der Waals surface area contributed by atoms with Gasteiger partial charge in [0.15, 0.2) is 11.4 Å². The normalized spacial score (nSPS) is 42.5. The van der Waals surface area contributed by atoms with Crippen molar-refractivity contribution in [2.75, 3.05) is 6.61 Å². The van der Waals surface area contributed by atoms with Crippen molar-refractivity contribution in [3.8, 4) is 0 Å². The van der Waals surface area contributed by atoms with Crippen LogP contribution in [0.2, 0.25) is 0 Å². The van der Waals surface area contributed by atoms with Crippen molar-refractivity contribution in [1.29, 1.82) is 0 Å². The van der Waals surface area contributed by atoms with Gasteiger partial charge in [-0.15, -0.1) is 0 Å². The third kappa shape index (κ3) is 3.25. The Morgan fingerprint density at radius 1 is 1.25 bits per heavy atom. The highest BCUT2D eigenvalue weighted by Crippen LogP contribution is 2.67.